The lowest BCUT2D eigenvalue weighted by Crippen LogP contribution is -2.29. The molecule has 1 aliphatic rings. The first kappa shape index (κ1) is 14.1. The van der Waals surface area contributed by atoms with E-state index in [-0.39, 0.29) is 11.6 Å². The number of carbonyl (C=O) groups is 2. The zero-order valence-corrected chi connectivity index (χ0v) is 11.5. The molecule has 0 aromatic heterocycles. The summed E-state index contributed by atoms with van der Waals surface area (Å²) in [6.45, 7) is 10.3. The lowest BCUT2D eigenvalue weighted by atomic mass is 9.81. The maximum atomic E-state index is 12.2. The highest BCUT2D eigenvalue weighted by Crippen LogP contribution is 2.47. The minimum absolute atomic E-state index is 0.0758. The van der Waals surface area contributed by atoms with Crippen LogP contribution in [0.3, 0.4) is 0 Å². The molecule has 1 rings (SSSR count). The van der Waals surface area contributed by atoms with Crippen LogP contribution in [0.15, 0.2) is 11.6 Å². The maximum absolute atomic E-state index is 12.2. The first-order valence-electron chi connectivity index (χ1n) is 6.02. The van der Waals surface area contributed by atoms with Gasteiger partial charge in [-0.2, -0.15) is 0 Å². The zero-order valence-electron chi connectivity index (χ0n) is 11.5. The summed E-state index contributed by atoms with van der Waals surface area (Å²) in [6, 6.07) is 0. The normalized spacial score (nSPS) is 28.5. The smallest absolute Gasteiger partial charge is 0.172 e. The molecule has 0 radical (unpaired) electrons. The van der Waals surface area contributed by atoms with Crippen molar-refractivity contribution in [2.75, 3.05) is 0 Å². The number of hydrogen-bond donors (Lipinski definition) is 1. The summed E-state index contributed by atoms with van der Waals surface area (Å²) in [7, 11) is 0. The maximum Gasteiger partial charge on any atom is 0.172 e. The Hall–Kier alpha value is -0.960. The van der Waals surface area contributed by atoms with Crippen LogP contribution in [0.1, 0.15) is 48.0 Å². The van der Waals surface area contributed by atoms with Gasteiger partial charge < -0.3 is 5.11 Å². The number of allylic oxidation sites excluding steroid dienone is 1. The van der Waals surface area contributed by atoms with Gasteiger partial charge in [-0.05, 0) is 47.1 Å². The topological polar surface area (TPSA) is 54.4 Å². The van der Waals surface area contributed by atoms with Gasteiger partial charge in [0.2, 0.25) is 0 Å². The molecule has 96 valence electrons. The van der Waals surface area contributed by atoms with Crippen molar-refractivity contribution < 1.29 is 14.7 Å². The summed E-state index contributed by atoms with van der Waals surface area (Å²) in [5.74, 6) is -0.241. The second-order valence-electron chi connectivity index (χ2n) is 6.18. The van der Waals surface area contributed by atoms with Crippen molar-refractivity contribution in [3.63, 3.8) is 0 Å². The van der Waals surface area contributed by atoms with Crippen molar-refractivity contribution in [3.8, 4) is 0 Å². The molecule has 3 nitrogen and oxygen atoms in total. The lowest BCUT2D eigenvalue weighted by molar-refractivity contribution is -0.135. The summed E-state index contributed by atoms with van der Waals surface area (Å²) in [6.07, 6.45) is 2.07. The molecule has 17 heavy (non-hydrogen) atoms. The van der Waals surface area contributed by atoms with Crippen LogP contribution in [0.4, 0.5) is 0 Å². The Morgan fingerprint density at radius 1 is 1.18 bits per heavy atom. The number of carbonyl (C=O) groups excluding carboxylic acids is 2. The van der Waals surface area contributed by atoms with Crippen LogP contribution in [-0.4, -0.2) is 22.3 Å². The third-order valence-electron chi connectivity index (χ3n) is 3.79. The Kier molecular flexibility index (Phi) is 3.13. The van der Waals surface area contributed by atoms with Gasteiger partial charge in [0.1, 0.15) is 0 Å². The van der Waals surface area contributed by atoms with Gasteiger partial charge in [0.15, 0.2) is 11.6 Å². The van der Waals surface area contributed by atoms with Crippen molar-refractivity contribution in [2.24, 2.45) is 10.8 Å². The molecule has 0 aromatic rings. The third-order valence-corrected chi connectivity index (χ3v) is 3.79. The molecule has 0 aliphatic heterocycles. The van der Waals surface area contributed by atoms with Gasteiger partial charge in [0.25, 0.3) is 0 Å². The summed E-state index contributed by atoms with van der Waals surface area (Å²) in [5, 5.41) is 10.1. The monoisotopic (exact) mass is 238 g/mol. The highest BCUT2D eigenvalue weighted by Gasteiger charge is 2.56. The van der Waals surface area contributed by atoms with Crippen molar-refractivity contribution in [3.05, 3.63) is 11.6 Å². The molecular weight excluding hydrogens is 216 g/mol. The molecule has 1 atom stereocenters. The number of hydrogen-bond acceptors (Lipinski definition) is 3. The summed E-state index contributed by atoms with van der Waals surface area (Å²) in [5.41, 5.74) is -2.37. The number of aliphatic hydroxyl groups is 1. The second kappa shape index (κ2) is 3.77. The predicted octanol–water partition coefficient (Wildman–Crippen LogP) is 2.28. The van der Waals surface area contributed by atoms with E-state index >= 15 is 0 Å². The highest BCUT2D eigenvalue weighted by molar-refractivity contribution is 6.24. The zero-order chi connectivity index (χ0) is 13.6. The summed E-state index contributed by atoms with van der Waals surface area (Å²) < 4.78 is 0. The molecule has 0 aromatic carbocycles. The Morgan fingerprint density at radius 3 is 1.94 bits per heavy atom. The van der Waals surface area contributed by atoms with E-state index in [0.717, 1.165) is 0 Å². The molecule has 3 heteroatoms. The van der Waals surface area contributed by atoms with Gasteiger partial charge >= 0.3 is 0 Å². The van der Waals surface area contributed by atoms with E-state index in [0.29, 0.717) is 12.0 Å². The fourth-order valence-electron chi connectivity index (χ4n) is 2.29. The van der Waals surface area contributed by atoms with Crippen molar-refractivity contribution >= 4 is 11.6 Å². The molecule has 0 spiro atoms. The molecule has 1 saturated carbocycles. The molecule has 1 fully saturated rings. The van der Waals surface area contributed by atoms with Gasteiger partial charge in [-0.1, -0.05) is 6.92 Å². The fourth-order valence-corrected chi connectivity index (χ4v) is 2.29. The average molecular weight is 238 g/mol. The minimum Gasteiger partial charge on any atom is -0.386 e. The number of rotatable bonds is 2. The van der Waals surface area contributed by atoms with E-state index in [9.17, 15) is 14.7 Å². The number of ketones is 2. The first-order valence-corrected chi connectivity index (χ1v) is 6.02. The quantitative estimate of drug-likeness (QED) is 0.593. The van der Waals surface area contributed by atoms with Crippen LogP contribution in [0.2, 0.25) is 0 Å². The molecule has 1 unspecified atom stereocenters. The molecule has 0 amide bonds. The Morgan fingerprint density at radius 2 is 1.65 bits per heavy atom. The van der Waals surface area contributed by atoms with Crippen LogP contribution in [0.25, 0.3) is 0 Å². The van der Waals surface area contributed by atoms with E-state index in [2.05, 4.69) is 0 Å². The highest BCUT2D eigenvalue weighted by atomic mass is 16.3. The molecule has 1 aliphatic carbocycles. The van der Waals surface area contributed by atoms with Crippen LogP contribution in [-0.2, 0) is 9.59 Å². The minimum atomic E-state index is -1.04. The van der Waals surface area contributed by atoms with Crippen LogP contribution >= 0.6 is 0 Å². The molecule has 0 bridgehead atoms. The third kappa shape index (κ3) is 2.08. The van der Waals surface area contributed by atoms with Gasteiger partial charge in [0.05, 0.1) is 16.4 Å². The van der Waals surface area contributed by atoms with Gasteiger partial charge in [-0.15, -0.1) is 0 Å². The van der Waals surface area contributed by atoms with Crippen molar-refractivity contribution in [1.29, 1.82) is 0 Å². The molecular formula is C14H22O3. The molecule has 1 N–H and O–H groups in total. The van der Waals surface area contributed by atoms with E-state index in [1.165, 1.54) is 0 Å². The van der Waals surface area contributed by atoms with Gasteiger partial charge in [0, 0.05) is 5.57 Å². The van der Waals surface area contributed by atoms with Crippen LogP contribution < -0.4 is 0 Å². The number of Topliss-reactive ketones (excluding diaryl/α,β-unsaturated/α-hetero) is 2. The van der Waals surface area contributed by atoms with Gasteiger partial charge in [-0.3, -0.25) is 9.59 Å². The molecule has 0 saturated heterocycles. The second-order valence-corrected chi connectivity index (χ2v) is 6.18. The summed E-state index contributed by atoms with van der Waals surface area (Å²) in [4.78, 5) is 24.4. The van der Waals surface area contributed by atoms with E-state index in [1.54, 1.807) is 40.7 Å². The van der Waals surface area contributed by atoms with E-state index in [4.69, 9.17) is 0 Å². The fraction of sp³-hybridized carbons (Fsp3) is 0.714. The van der Waals surface area contributed by atoms with E-state index in [1.807, 2.05) is 6.92 Å². The van der Waals surface area contributed by atoms with Crippen molar-refractivity contribution in [1.82, 2.24) is 0 Å². The Bertz CT molecular complexity index is 398. The first-order chi connectivity index (χ1) is 7.47. The van der Waals surface area contributed by atoms with E-state index < -0.39 is 16.4 Å². The Balaban J connectivity index is 3.36. The van der Waals surface area contributed by atoms with Crippen molar-refractivity contribution in [2.45, 2.75) is 53.6 Å². The van der Waals surface area contributed by atoms with Gasteiger partial charge in [-0.25, -0.2) is 0 Å². The van der Waals surface area contributed by atoms with Crippen LogP contribution in [0, 0.1) is 10.8 Å². The summed E-state index contributed by atoms with van der Waals surface area (Å²) >= 11 is 0. The standard InChI is InChI=1S/C14H22O3/c1-7-14(6,17)8-9-10(15)13(4,5)11(16)12(9,2)3/h8,17H,7H2,1-6H3/b9-8-. The lowest BCUT2D eigenvalue weighted by Gasteiger charge is -2.22. The predicted molar refractivity (Wildman–Crippen MR) is 66.6 cm³/mol. The molecule has 0 heterocycles. The van der Waals surface area contributed by atoms with Crippen LogP contribution in [0.5, 0.6) is 0 Å². The SMILES string of the molecule is CCC(C)(O)/C=C1/C(=O)C(C)(C)C(=O)C1(C)C. The average Bonchev–Trinajstić information content (AvgIpc) is 2.32. The largest absolute Gasteiger partial charge is 0.386 e. The Labute approximate surface area is 103 Å².